The molecule has 1 aromatic heterocycles. The summed E-state index contributed by atoms with van der Waals surface area (Å²) in [5.74, 6) is 1.00. The van der Waals surface area contributed by atoms with Crippen molar-refractivity contribution >= 4 is 0 Å². The lowest BCUT2D eigenvalue weighted by atomic mass is 9.98. The normalized spacial score (nSPS) is 18.4. The zero-order chi connectivity index (χ0) is 13.0. The Hall–Kier alpha value is -0.930. The molecular formula is C15H24N2O. The van der Waals surface area contributed by atoms with Crippen LogP contribution in [0.2, 0.25) is 0 Å². The minimum absolute atomic E-state index is 0.342. The molecule has 1 saturated heterocycles. The summed E-state index contributed by atoms with van der Waals surface area (Å²) in [5.41, 5.74) is 2.35. The number of rotatable bonds is 4. The molecule has 18 heavy (non-hydrogen) atoms. The number of pyridine rings is 1. The Morgan fingerprint density at radius 1 is 1.33 bits per heavy atom. The maximum absolute atomic E-state index is 9.13. The molecule has 0 bridgehead atoms. The summed E-state index contributed by atoms with van der Waals surface area (Å²) in [5, 5.41) is 9.13. The molecule has 0 amide bonds. The summed E-state index contributed by atoms with van der Waals surface area (Å²) < 4.78 is 0. The SMILES string of the molecule is CC(C)c1cccc(CN2CCC(CO)CC2)n1. The van der Waals surface area contributed by atoms with Crippen LogP contribution in [0.15, 0.2) is 18.2 Å². The molecule has 2 heterocycles. The molecule has 3 nitrogen and oxygen atoms in total. The summed E-state index contributed by atoms with van der Waals surface area (Å²) in [4.78, 5) is 7.16. The second kappa shape index (κ2) is 6.30. The van der Waals surface area contributed by atoms with Crippen LogP contribution in [-0.2, 0) is 6.54 Å². The van der Waals surface area contributed by atoms with E-state index in [1.54, 1.807) is 0 Å². The van der Waals surface area contributed by atoms with Crippen LogP contribution < -0.4 is 0 Å². The highest BCUT2D eigenvalue weighted by Crippen LogP contribution is 2.18. The molecule has 1 aromatic rings. The van der Waals surface area contributed by atoms with E-state index in [-0.39, 0.29) is 0 Å². The third-order valence-electron chi connectivity index (χ3n) is 3.77. The van der Waals surface area contributed by atoms with Gasteiger partial charge in [-0.25, -0.2) is 0 Å². The van der Waals surface area contributed by atoms with Crippen molar-refractivity contribution in [2.45, 2.75) is 39.2 Å². The van der Waals surface area contributed by atoms with Crippen LogP contribution in [0.3, 0.4) is 0 Å². The molecule has 0 spiro atoms. The number of aliphatic hydroxyl groups excluding tert-OH is 1. The molecule has 1 aliphatic heterocycles. The van der Waals surface area contributed by atoms with Crippen molar-refractivity contribution < 1.29 is 5.11 Å². The minimum atomic E-state index is 0.342. The fourth-order valence-electron chi connectivity index (χ4n) is 2.46. The van der Waals surface area contributed by atoms with Crippen LogP contribution in [0.25, 0.3) is 0 Å². The van der Waals surface area contributed by atoms with Gasteiger partial charge in [0.15, 0.2) is 0 Å². The minimum Gasteiger partial charge on any atom is -0.396 e. The van der Waals surface area contributed by atoms with Gasteiger partial charge >= 0.3 is 0 Å². The molecule has 0 unspecified atom stereocenters. The summed E-state index contributed by atoms with van der Waals surface area (Å²) in [7, 11) is 0. The highest BCUT2D eigenvalue weighted by atomic mass is 16.3. The predicted molar refractivity (Wildman–Crippen MR) is 73.4 cm³/mol. The second-order valence-electron chi connectivity index (χ2n) is 5.61. The molecule has 0 aromatic carbocycles. The topological polar surface area (TPSA) is 36.4 Å². The highest BCUT2D eigenvalue weighted by Gasteiger charge is 2.18. The Balaban J connectivity index is 1.92. The summed E-state index contributed by atoms with van der Waals surface area (Å²) in [6, 6.07) is 6.33. The van der Waals surface area contributed by atoms with Crippen molar-refractivity contribution in [1.29, 1.82) is 0 Å². The molecule has 1 N–H and O–H groups in total. The average Bonchev–Trinajstić information content (AvgIpc) is 2.40. The van der Waals surface area contributed by atoms with E-state index in [9.17, 15) is 0 Å². The van der Waals surface area contributed by atoms with Crippen molar-refractivity contribution in [1.82, 2.24) is 9.88 Å². The Morgan fingerprint density at radius 2 is 2.06 bits per heavy atom. The summed E-state index contributed by atoms with van der Waals surface area (Å²) in [6.07, 6.45) is 2.22. The summed E-state index contributed by atoms with van der Waals surface area (Å²) in [6.45, 7) is 7.81. The first kappa shape index (κ1) is 13.5. The van der Waals surface area contributed by atoms with Gasteiger partial charge in [-0.2, -0.15) is 0 Å². The molecule has 1 aliphatic rings. The van der Waals surface area contributed by atoms with Crippen molar-refractivity contribution in [2.75, 3.05) is 19.7 Å². The number of likely N-dealkylation sites (tertiary alicyclic amines) is 1. The van der Waals surface area contributed by atoms with Gasteiger partial charge in [0.25, 0.3) is 0 Å². The molecule has 0 radical (unpaired) electrons. The van der Waals surface area contributed by atoms with Crippen molar-refractivity contribution in [2.24, 2.45) is 5.92 Å². The maximum Gasteiger partial charge on any atom is 0.0547 e. The van der Waals surface area contributed by atoms with Crippen molar-refractivity contribution in [3.63, 3.8) is 0 Å². The molecule has 0 aliphatic carbocycles. The van der Waals surface area contributed by atoms with Gasteiger partial charge in [-0.15, -0.1) is 0 Å². The monoisotopic (exact) mass is 248 g/mol. The Morgan fingerprint density at radius 3 is 2.67 bits per heavy atom. The Bertz CT molecular complexity index is 371. The van der Waals surface area contributed by atoms with Crippen molar-refractivity contribution in [3.05, 3.63) is 29.6 Å². The lowest BCUT2D eigenvalue weighted by molar-refractivity contribution is 0.126. The van der Waals surface area contributed by atoms with E-state index in [1.807, 2.05) is 0 Å². The van der Waals surface area contributed by atoms with Gasteiger partial charge in [0, 0.05) is 18.8 Å². The summed E-state index contributed by atoms with van der Waals surface area (Å²) >= 11 is 0. The van der Waals surface area contributed by atoms with E-state index in [0.29, 0.717) is 18.4 Å². The van der Waals surface area contributed by atoms with E-state index >= 15 is 0 Å². The smallest absolute Gasteiger partial charge is 0.0547 e. The molecular weight excluding hydrogens is 224 g/mol. The Labute approximate surface area is 110 Å². The molecule has 100 valence electrons. The van der Waals surface area contributed by atoms with Crippen LogP contribution in [0.5, 0.6) is 0 Å². The first-order chi connectivity index (χ1) is 8.69. The van der Waals surface area contributed by atoms with E-state index in [2.05, 4.69) is 36.9 Å². The van der Waals surface area contributed by atoms with Crippen LogP contribution in [0.4, 0.5) is 0 Å². The van der Waals surface area contributed by atoms with Crippen LogP contribution in [-0.4, -0.2) is 34.7 Å². The predicted octanol–water partition coefficient (Wildman–Crippen LogP) is 2.41. The van der Waals surface area contributed by atoms with Crippen LogP contribution >= 0.6 is 0 Å². The van der Waals surface area contributed by atoms with Gasteiger partial charge in [0.05, 0.1) is 5.69 Å². The number of aliphatic hydroxyl groups is 1. The largest absolute Gasteiger partial charge is 0.396 e. The number of piperidine rings is 1. The third-order valence-corrected chi connectivity index (χ3v) is 3.77. The van der Waals surface area contributed by atoms with Crippen LogP contribution in [0, 0.1) is 5.92 Å². The molecule has 0 saturated carbocycles. The maximum atomic E-state index is 9.13. The fourth-order valence-corrected chi connectivity index (χ4v) is 2.46. The van der Waals surface area contributed by atoms with E-state index in [0.717, 1.165) is 32.5 Å². The quantitative estimate of drug-likeness (QED) is 0.889. The zero-order valence-corrected chi connectivity index (χ0v) is 11.5. The standard InChI is InChI=1S/C15H24N2O/c1-12(2)15-5-3-4-14(16-15)10-17-8-6-13(11-18)7-9-17/h3-5,12-13,18H,6-11H2,1-2H3. The van der Waals surface area contributed by atoms with Crippen molar-refractivity contribution in [3.8, 4) is 0 Å². The van der Waals surface area contributed by atoms with E-state index in [1.165, 1.54) is 11.4 Å². The number of hydrogen-bond acceptors (Lipinski definition) is 3. The van der Waals surface area contributed by atoms with E-state index in [4.69, 9.17) is 10.1 Å². The molecule has 0 atom stereocenters. The molecule has 1 fully saturated rings. The van der Waals surface area contributed by atoms with Crippen LogP contribution in [0.1, 0.15) is 44.0 Å². The van der Waals surface area contributed by atoms with Gasteiger partial charge < -0.3 is 5.11 Å². The van der Waals surface area contributed by atoms with Gasteiger partial charge in [-0.3, -0.25) is 9.88 Å². The average molecular weight is 248 g/mol. The first-order valence-corrected chi connectivity index (χ1v) is 6.98. The lowest BCUT2D eigenvalue weighted by Crippen LogP contribution is -2.34. The number of hydrogen-bond donors (Lipinski definition) is 1. The van der Waals surface area contributed by atoms with Gasteiger partial charge in [-0.05, 0) is 49.9 Å². The highest BCUT2D eigenvalue weighted by molar-refractivity contribution is 5.13. The first-order valence-electron chi connectivity index (χ1n) is 6.98. The Kier molecular flexibility index (Phi) is 4.72. The van der Waals surface area contributed by atoms with E-state index < -0.39 is 0 Å². The fraction of sp³-hybridized carbons (Fsp3) is 0.667. The van der Waals surface area contributed by atoms with Gasteiger partial charge in [-0.1, -0.05) is 19.9 Å². The van der Waals surface area contributed by atoms with Gasteiger partial charge in [0.2, 0.25) is 0 Å². The molecule has 2 rings (SSSR count). The number of nitrogens with zero attached hydrogens (tertiary/aromatic N) is 2. The molecule has 3 heteroatoms. The second-order valence-corrected chi connectivity index (χ2v) is 5.61. The third kappa shape index (κ3) is 3.53. The lowest BCUT2D eigenvalue weighted by Gasteiger charge is -2.30. The number of aromatic nitrogens is 1. The van der Waals surface area contributed by atoms with Gasteiger partial charge in [0.1, 0.15) is 0 Å². The zero-order valence-electron chi connectivity index (χ0n) is 11.5.